The molecule has 0 aliphatic heterocycles. The summed E-state index contributed by atoms with van der Waals surface area (Å²) < 4.78 is 5.49. The van der Waals surface area contributed by atoms with Crippen LogP contribution in [0.5, 0.6) is 0 Å². The molecule has 2 unspecified atom stereocenters. The summed E-state index contributed by atoms with van der Waals surface area (Å²) >= 11 is 3.42. The topological polar surface area (TPSA) is 55.5 Å². The number of halogens is 1. The molecule has 0 heterocycles. The molecule has 0 fully saturated rings. The first-order valence-electron chi connectivity index (χ1n) is 5.21. The number of nitrogens with two attached hydrogens (primary N) is 1. The molecule has 1 aromatic carbocycles. The number of aliphatic hydroxyl groups excluding tert-OH is 1. The zero-order valence-electron chi connectivity index (χ0n) is 9.56. The first-order valence-corrected chi connectivity index (χ1v) is 6.13. The van der Waals surface area contributed by atoms with Gasteiger partial charge in [-0.05, 0) is 19.4 Å². The molecule has 0 aromatic heterocycles. The smallest absolute Gasteiger partial charge is 0.171 e. The Kier molecular flexibility index (Phi) is 4.92. The fourth-order valence-electron chi connectivity index (χ4n) is 1.24. The molecule has 0 saturated heterocycles. The molecular weight excluding hydrogens is 270 g/mol. The van der Waals surface area contributed by atoms with E-state index in [1.807, 2.05) is 44.2 Å². The normalized spacial score (nSPS) is 15.8. The number of aliphatic hydroxyl groups is 1. The largest absolute Gasteiger partial charge is 0.367 e. The van der Waals surface area contributed by atoms with Crippen molar-refractivity contribution in [3.05, 3.63) is 35.9 Å². The van der Waals surface area contributed by atoms with Gasteiger partial charge in [0, 0.05) is 6.54 Å². The van der Waals surface area contributed by atoms with Crippen molar-refractivity contribution in [1.29, 1.82) is 0 Å². The van der Waals surface area contributed by atoms with Crippen LogP contribution in [0, 0.1) is 0 Å². The van der Waals surface area contributed by atoms with Crippen molar-refractivity contribution >= 4 is 15.9 Å². The van der Waals surface area contributed by atoms with E-state index in [9.17, 15) is 5.11 Å². The van der Waals surface area contributed by atoms with Crippen LogP contribution in [0.15, 0.2) is 30.3 Å². The molecule has 4 heteroatoms. The number of rotatable bonds is 5. The van der Waals surface area contributed by atoms with Crippen LogP contribution in [-0.4, -0.2) is 23.5 Å². The molecule has 3 nitrogen and oxygen atoms in total. The van der Waals surface area contributed by atoms with Gasteiger partial charge >= 0.3 is 0 Å². The average Bonchev–Trinajstić information content (AvgIpc) is 2.28. The highest BCUT2D eigenvalue weighted by Crippen LogP contribution is 2.29. The van der Waals surface area contributed by atoms with Gasteiger partial charge in [0.1, 0.15) is 0 Å². The fraction of sp³-hybridized carbons (Fsp3) is 0.500. The number of ether oxygens (including phenoxy) is 1. The van der Waals surface area contributed by atoms with Crippen LogP contribution >= 0.6 is 15.9 Å². The molecule has 90 valence electrons. The molecule has 0 amide bonds. The molecule has 2 atom stereocenters. The Morgan fingerprint density at radius 1 is 1.38 bits per heavy atom. The molecule has 0 radical (unpaired) electrons. The lowest BCUT2D eigenvalue weighted by Crippen LogP contribution is -2.39. The lowest BCUT2D eigenvalue weighted by atomic mass is 10.1. The summed E-state index contributed by atoms with van der Waals surface area (Å²) in [6.45, 7) is 4.06. The predicted octanol–water partition coefficient (Wildman–Crippen LogP) is 2.19. The minimum absolute atomic E-state index is 0.250. The van der Waals surface area contributed by atoms with Crippen LogP contribution in [0.2, 0.25) is 0 Å². The van der Waals surface area contributed by atoms with Gasteiger partial charge in [-0.25, -0.2) is 0 Å². The molecule has 1 rings (SSSR count). The zero-order chi connectivity index (χ0) is 12.2. The Morgan fingerprint density at radius 3 is 2.44 bits per heavy atom. The molecule has 0 aliphatic carbocycles. The van der Waals surface area contributed by atoms with E-state index in [-0.39, 0.29) is 4.83 Å². The lowest BCUT2D eigenvalue weighted by Gasteiger charge is -2.29. The van der Waals surface area contributed by atoms with E-state index in [0.717, 1.165) is 5.56 Å². The van der Waals surface area contributed by atoms with Gasteiger partial charge < -0.3 is 15.6 Å². The van der Waals surface area contributed by atoms with Gasteiger partial charge in [-0.3, -0.25) is 0 Å². The molecule has 1 aromatic rings. The fourth-order valence-corrected chi connectivity index (χ4v) is 1.65. The van der Waals surface area contributed by atoms with E-state index in [0.29, 0.717) is 6.54 Å². The lowest BCUT2D eigenvalue weighted by molar-refractivity contribution is -0.167. The molecule has 0 saturated carbocycles. The standard InChI is InChI=1S/C12H18BrNO2/c1-12(2,8-14)16-11(15)10(13)9-6-4-3-5-7-9/h3-7,10-11,15H,8,14H2,1-2H3. The highest BCUT2D eigenvalue weighted by Gasteiger charge is 2.26. The average molecular weight is 288 g/mol. The predicted molar refractivity (Wildman–Crippen MR) is 68.3 cm³/mol. The Bertz CT molecular complexity index is 316. The minimum atomic E-state index is -0.916. The second-order valence-electron chi connectivity index (χ2n) is 4.28. The van der Waals surface area contributed by atoms with Crippen molar-refractivity contribution in [2.45, 2.75) is 30.6 Å². The molecular formula is C12H18BrNO2. The van der Waals surface area contributed by atoms with Crippen molar-refractivity contribution < 1.29 is 9.84 Å². The summed E-state index contributed by atoms with van der Waals surface area (Å²) in [7, 11) is 0. The second kappa shape index (κ2) is 5.77. The third kappa shape index (κ3) is 3.87. The molecule has 16 heavy (non-hydrogen) atoms. The first-order chi connectivity index (χ1) is 7.46. The molecule has 0 aliphatic rings. The molecule has 0 spiro atoms. The second-order valence-corrected chi connectivity index (χ2v) is 5.27. The van der Waals surface area contributed by atoms with E-state index in [4.69, 9.17) is 10.5 Å². The quantitative estimate of drug-likeness (QED) is 0.645. The zero-order valence-corrected chi connectivity index (χ0v) is 11.1. The van der Waals surface area contributed by atoms with Gasteiger partial charge in [-0.2, -0.15) is 0 Å². The maximum absolute atomic E-state index is 9.91. The summed E-state index contributed by atoms with van der Waals surface area (Å²) in [5, 5.41) is 9.91. The number of benzene rings is 1. The summed E-state index contributed by atoms with van der Waals surface area (Å²) in [5.74, 6) is 0. The van der Waals surface area contributed by atoms with Crippen molar-refractivity contribution in [2.75, 3.05) is 6.54 Å². The van der Waals surface area contributed by atoms with Gasteiger partial charge in [0.25, 0.3) is 0 Å². The first kappa shape index (κ1) is 13.6. The SMILES string of the molecule is CC(C)(CN)OC(O)C(Br)c1ccccc1. The Morgan fingerprint density at radius 2 is 1.94 bits per heavy atom. The van der Waals surface area contributed by atoms with E-state index in [1.165, 1.54) is 0 Å². The van der Waals surface area contributed by atoms with Gasteiger partial charge in [0.2, 0.25) is 0 Å². The van der Waals surface area contributed by atoms with Gasteiger partial charge in [0.05, 0.1) is 10.4 Å². The van der Waals surface area contributed by atoms with Crippen LogP contribution in [0.4, 0.5) is 0 Å². The van der Waals surface area contributed by atoms with E-state index < -0.39 is 11.9 Å². The summed E-state index contributed by atoms with van der Waals surface area (Å²) in [6.07, 6.45) is -0.916. The van der Waals surface area contributed by atoms with Crippen LogP contribution < -0.4 is 5.73 Å². The highest BCUT2D eigenvalue weighted by molar-refractivity contribution is 9.09. The Balaban J connectivity index is 2.65. The van der Waals surface area contributed by atoms with Crippen LogP contribution in [0.1, 0.15) is 24.2 Å². The van der Waals surface area contributed by atoms with Crippen LogP contribution in [0.25, 0.3) is 0 Å². The summed E-state index contributed by atoms with van der Waals surface area (Å²) in [5.41, 5.74) is 5.99. The minimum Gasteiger partial charge on any atom is -0.367 e. The van der Waals surface area contributed by atoms with Gasteiger partial charge in [0.15, 0.2) is 6.29 Å². The molecule has 3 N–H and O–H groups in total. The van der Waals surface area contributed by atoms with E-state index in [1.54, 1.807) is 0 Å². The molecule has 0 bridgehead atoms. The van der Waals surface area contributed by atoms with Crippen molar-refractivity contribution in [2.24, 2.45) is 5.73 Å². The van der Waals surface area contributed by atoms with Crippen LogP contribution in [-0.2, 0) is 4.74 Å². The van der Waals surface area contributed by atoms with Crippen molar-refractivity contribution in [3.63, 3.8) is 0 Å². The third-order valence-electron chi connectivity index (χ3n) is 2.30. The monoisotopic (exact) mass is 287 g/mol. The maximum Gasteiger partial charge on any atom is 0.171 e. The van der Waals surface area contributed by atoms with Gasteiger partial charge in [-0.15, -0.1) is 0 Å². The number of hydrogen-bond donors (Lipinski definition) is 2. The number of hydrogen-bond acceptors (Lipinski definition) is 3. The van der Waals surface area contributed by atoms with Crippen LogP contribution in [0.3, 0.4) is 0 Å². The van der Waals surface area contributed by atoms with Crippen molar-refractivity contribution in [3.8, 4) is 0 Å². The van der Waals surface area contributed by atoms with Crippen molar-refractivity contribution in [1.82, 2.24) is 0 Å². The van der Waals surface area contributed by atoms with Gasteiger partial charge in [-0.1, -0.05) is 46.3 Å². The maximum atomic E-state index is 9.91. The Labute approximate surface area is 105 Å². The van der Waals surface area contributed by atoms with E-state index >= 15 is 0 Å². The third-order valence-corrected chi connectivity index (χ3v) is 3.28. The van der Waals surface area contributed by atoms with E-state index in [2.05, 4.69) is 15.9 Å². The number of alkyl halides is 1. The highest BCUT2D eigenvalue weighted by atomic mass is 79.9. The summed E-state index contributed by atoms with van der Waals surface area (Å²) in [4.78, 5) is -0.250. The summed E-state index contributed by atoms with van der Waals surface area (Å²) in [6, 6.07) is 9.64. The Hall–Kier alpha value is -0.420.